The highest BCUT2D eigenvalue weighted by Crippen LogP contribution is 2.45. The van der Waals surface area contributed by atoms with Crippen molar-refractivity contribution in [3.8, 4) is 0 Å². The zero-order chi connectivity index (χ0) is 26.3. The van der Waals surface area contributed by atoms with Crippen molar-refractivity contribution >= 4 is 5.97 Å². The maximum atomic E-state index is 11.3. The van der Waals surface area contributed by atoms with Crippen molar-refractivity contribution in [1.82, 2.24) is 4.90 Å². The molecule has 3 nitrogen and oxygen atoms in total. The summed E-state index contributed by atoms with van der Waals surface area (Å²) in [7, 11) is 4.49. The Hall–Kier alpha value is -0.570. The fourth-order valence-electron chi connectivity index (χ4n) is 6.06. The summed E-state index contributed by atoms with van der Waals surface area (Å²) in [5, 5.41) is 0. The topological polar surface area (TPSA) is 29.5 Å². The smallest absolute Gasteiger partial charge is 0.305 e. The molecular weight excluding hydrogens is 442 g/mol. The van der Waals surface area contributed by atoms with Gasteiger partial charge in [0, 0.05) is 13.0 Å². The van der Waals surface area contributed by atoms with E-state index in [1.807, 2.05) is 6.92 Å². The molecule has 1 aliphatic carbocycles. The molecule has 0 heterocycles. The summed E-state index contributed by atoms with van der Waals surface area (Å²) in [6.07, 6.45) is 31.5. The molecule has 0 radical (unpaired) electrons. The van der Waals surface area contributed by atoms with E-state index in [1.165, 1.54) is 141 Å². The third-order valence-corrected chi connectivity index (χ3v) is 8.36. The fourth-order valence-corrected chi connectivity index (χ4v) is 6.06. The molecule has 0 aromatic rings. The third kappa shape index (κ3) is 20.5. The largest absolute Gasteiger partial charge is 0.466 e. The third-order valence-electron chi connectivity index (χ3n) is 8.36. The van der Waals surface area contributed by atoms with E-state index in [4.69, 9.17) is 4.74 Å². The molecule has 0 N–H and O–H groups in total. The first-order chi connectivity index (χ1) is 17.6. The van der Waals surface area contributed by atoms with Gasteiger partial charge in [0.1, 0.15) is 0 Å². The molecule has 0 saturated heterocycles. The van der Waals surface area contributed by atoms with Gasteiger partial charge in [0.15, 0.2) is 0 Å². The molecule has 3 unspecified atom stereocenters. The average Bonchev–Trinajstić information content (AvgIpc) is 3.59. The van der Waals surface area contributed by atoms with Gasteiger partial charge in [0.25, 0.3) is 0 Å². The van der Waals surface area contributed by atoms with Crippen molar-refractivity contribution in [2.75, 3.05) is 27.2 Å². The molecule has 0 aromatic heterocycles. The monoisotopic (exact) mass is 508 g/mol. The van der Waals surface area contributed by atoms with E-state index in [0.717, 1.165) is 24.2 Å². The van der Waals surface area contributed by atoms with Gasteiger partial charge in [-0.05, 0) is 64.5 Å². The predicted molar refractivity (Wildman–Crippen MR) is 158 cm³/mol. The Morgan fingerprint density at radius 3 is 1.67 bits per heavy atom. The summed E-state index contributed by atoms with van der Waals surface area (Å²) >= 11 is 0. The molecule has 0 amide bonds. The lowest BCUT2D eigenvalue weighted by atomic mass is 9.93. The number of carbonyl (C=O) groups is 1. The van der Waals surface area contributed by atoms with Gasteiger partial charge >= 0.3 is 5.97 Å². The van der Waals surface area contributed by atoms with Gasteiger partial charge in [0.05, 0.1) is 6.61 Å². The van der Waals surface area contributed by atoms with Crippen LogP contribution in [0.15, 0.2) is 0 Å². The quantitative estimate of drug-likeness (QED) is 0.0818. The van der Waals surface area contributed by atoms with Crippen LogP contribution in [0, 0.1) is 17.8 Å². The molecule has 3 atom stereocenters. The summed E-state index contributed by atoms with van der Waals surface area (Å²) in [6, 6.07) is 0. The van der Waals surface area contributed by atoms with Gasteiger partial charge in [-0.25, -0.2) is 0 Å². The first-order valence-corrected chi connectivity index (χ1v) is 16.4. The SMILES string of the molecule is CCCCCCCCC(CCCCCCCCC1CC1CCCCCCCC(=O)OCC)CN(C)C. The van der Waals surface area contributed by atoms with Gasteiger partial charge in [-0.1, -0.05) is 122 Å². The number of unbranched alkanes of at least 4 members (excludes halogenated alkanes) is 14. The van der Waals surface area contributed by atoms with Gasteiger partial charge in [0.2, 0.25) is 0 Å². The molecule has 1 saturated carbocycles. The highest BCUT2D eigenvalue weighted by atomic mass is 16.5. The van der Waals surface area contributed by atoms with Crippen LogP contribution in [0.3, 0.4) is 0 Å². The molecule has 0 spiro atoms. The van der Waals surface area contributed by atoms with E-state index in [1.54, 1.807) is 0 Å². The van der Waals surface area contributed by atoms with Crippen molar-refractivity contribution in [3.63, 3.8) is 0 Å². The van der Waals surface area contributed by atoms with Gasteiger partial charge in [-0.15, -0.1) is 0 Å². The molecule has 214 valence electrons. The maximum absolute atomic E-state index is 11.3. The summed E-state index contributed by atoms with van der Waals surface area (Å²) in [5.41, 5.74) is 0. The zero-order valence-electron chi connectivity index (χ0n) is 25.2. The molecule has 1 fully saturated rings. The first kappa shape index (κ1) is 33.5. The van der Waals surface area contributed by atoms with Crippen molar-refractivity contribution in [2.24, 2.45) is 17.8 Å². The first-order valence-electron chi connectivity index (χ1n) is 16.4. The second-order valence-corrected chi connectivity index (χ2v) is 12.3. The van der Waals surface area contributed by atoms with Gasteiger partial charge in [-0.2, -0.15) is 0 Å². The standard InChI is InChI=1S/C33H65NO2/c1-5-7-8-9-13-18-23-30(29-34(3)4)24-19-14-10-11-15-20-25-31-28-32(31)26-21-16-12-17-22-27-33(35)36-6-2/h30-32H,5-29H2,1-4H3. The zero-order valence-corrected chi connectivity index (χ0v) is 25.2. The van der Waals surface area contributed by atoms with E-state index in [0.29, 0.717) is 13.0 Å². The Morgan fingerprint density at radius 1 is 0.694 bits per heavy atom. The van der Waals surface area contributed by atoms with E-state index in [-0.39, 0.29) is 5.97 Å². The molecule has 36 heavy (non-hydrogen) atoms. The Labute approximate surface area is 226 Å². The number of ether oxygens (including phenoxy) is 1. The number of hydrogen-bond donors (Lipinski definition) is 0. The second-order valence-electron chi connectivity index (χ2n) is 12.3. The van der Waals surface area contributed by atoms with Crippen LogP contribution in [0.4, 0.5) is 0 Å². The van der Waals surface area contributed by atoms with Crippen LogP contribution >= 0.6 is 0 Å². The van der Waals surface area contributed by atoms with Crippen LogP contribution in [0.1, 0.15) is 162 Å². The minimum Gasteiger partial charge on any atom is -0.466 e. The fraction of sp³-hybridized carbons (Fsp3) is 0.970. The van der Waals surface area contributed by atoms with E-state index in [9.17, 15) is 4.79 Å². The van der Waals surface area contributed by atoms with E-state index >= 15 is 0 Å². The second kappa shape index (κ2) is 23.5. The highest BCUT2D eigenvalue weighted by molar-refractivity contribution is 5.69. The van der Waals surface area contributed by atoms with Crippen molar-refractivity contribution in [1.29, 1.82) is 0 Å². The van der Waals surface area contributed by atoms with Crippen LogP contribution in [0.25, 0.3) is 0 Å². The number of rotatable bonds is 27. The molecular formula is C33H65NO2. The lowest BCUT2D eigenvalue weighted by Gasteiger charge is -2.21. The van der Waals surface area contributed by atoms with Gasteiger partial charge < -0.3 is 9.64 Å². The molecule has 1 aliphatic rings. The maximum Gasteiger partial charge on any atom is 0.305 e. The Morgan fingerprint density at radius 2 is 1.17 bits per heavy atom. The summed E-state index contributed by atoms with van der Waals surface area (Å²) < 4.78 is 4.99. The summed E-state index contributed by atoms with van der Waals surface area (Å²) in [5.74, 6) is 3.00. The van der Waals surface area contributed by atoms with Crippen LogP contribution in [0.2, 0.25) is 0 Å². The molecule has 3 heteroatoms. The Kier molecular flexibility index (Phi) is 21.9. The Balaban J connectivity index is 1.88. The van der Waals surface area contributed by atoms with Crippen LogP contribution in [0.5, 0.6) is 0 Å². The van der Waals surface area contributed by atoms with Crippen molar-refractivity contribution in [2.45, 2.75) is 162 Å². The number of esters is 1. The molecule has 1 rings (SSSR count). The lowest BCUT2D eigenvalue weighted by Crippen LogP contribution is -2.21. The van der Waals surface area contributed by atoms with E-state index < -0.39 is 0 Å². The van der Waals surface area contributed by atoms with Crippen LogP contribution in [-0.2, 0) is 9.53 Å². The summed E-state index contributed by atoms with van der Waals surface area (Å²) in [6.45, 7) is 5.98. The number of hydrogen-bond acceptors (Lipinski definition) is 3. The van der Waals surface area contributed by atoms with E-state index in [2.05, 4.69) is 25.9 Å². The number of carbonyl (C=O) groups excluding carboxylic acids is 1. The lowest BCUT2D eigenvalue weighted by molar-refractivity contribution is -0.143. The van der Waals surface area contributed by atoms with Crippen molar-refractivity contribution < 1.29 is 9.53 Å². The normalized spacial score (nSPS) is 18.0. The highest BCUT2D eigenvalue weighted by Gasteiger charge is 2.34. The van der Waals surface area contributed by atoms with Gasteiger partial charge in [-0.3, -0.25) is 4.79 Å². The van der Waals surface area contributed by atoms with Crippen LogP contribution < -0.4 is 0 Å². The summed E-state index contributed by atoms with van der Waals surface area (Å²) in [4.78, 5) is 13.7. The Bertz CT molecular complexity index is 492. The minimum atomic E-state index is -0.0224. The predicted octanol–water partition coefficient (Wildman–Crippen LogP) is 9.97. The van der Waals surface area contributed by atoms with Crippen molar-refractivity contribution in [3.05, 3.63) is 0 Å². The van der Waals surface area contributed by atoms with Crippen LogP contribution in [-0.4, -0.2) is 38.1 Å². The average molecular weight is 508 g/mol. The molecule has 0 aliphatic heterocycles. The molecule has 0 aromatic carbocycles. The molecule has 0 bridgehead atoms. The minimum absolute atomic E-state index is 0.0224. The number of nitrogens with zero attached hydrogens (tertiary/aromatic N) is 1.